The van der Waals surface area contributed by atoms with E-state index in [1.54, 1.807) is 49.6 Å². The highest BCUT2D eigenvalue weighted by atomic mass is 19.2. The number of ether oxygens (including phenoxy) is 2. The lowest BCUT2D eigenvalue weighted by molar-refractivity contribution is 0.364. The van der Waals surface area contributed by atoms with E-state index in [1.165, 1.54) is 19.2 Å². The van der Waals surface area contributed by atoms with Crippen molar-refractivity contribution in [2.45, 2.75) is 31.6 Å². The summed E-state index contributed by atoms with van der Waals surface area (Å²) < 4.78 is 67.9. The molecule has 178 valence electrons. The van der Waals surface area contributed by atoms with Gasteiger partial charge in [0.15, 0.2) is 23.2 Å². The zero-order valence-electron chi connectivity index (χ0n) is 19.1. The summed E-state index contributed by atoms with van der Waals surface area (Å²) in [7, 11) is 2.83. The minimum absolute atomic E-state index is 0.0840. The molecular weight excluding hydrogens is 444 g/mol. The lowest BCUT2D eigenvalue weighted by Gasteiger charge is -2.27. The Morgan fingerprint density at radius 3 is 2.06 bits per heavy atom. The second-order valence-electron chi connectivity index (χ2n) is 8.51. The summed E-state index contributed by atoms with van der Waals surface area (Å²) in [4.78, 5) is 0. The van der Waals surface area contributed by atoms with Gasteiger partial charge in [-0.2, -0.15) is 4.39 Å². The molecule has 0 aliphatic heterocycles. The van der Waals surface area contributed by atoms with Gasteiger partial charge in [-0.15, -0.1) is 0 Å². The van der Waals surface area contributed by atoms with Crippen LogP contribution >= 0.6 is 0 Å². The first-order valence-corrected chi connectivity index (χ1v) is 11.3. The lowest BCUT2D eigenvalue weighted by Crippen LogP contribution is -2.13. The highest BCUT2D eigenvalue weighted by Crippen LogP contribution is 2.39. The Labute approximate surface area is 196 Å². The number of hydrogen-bond acceptors (Lipinski definition) is 2. The fourth-order valence-electron chi connectivity index (χ4n) is 4.57. The molecule has 1 aliphatic rings. The summed E-state index contributed by atoms with van der Waals surface area (Å²) in [5.74, 6) is -3.02. The van der Waals surface area contributed by atoms with E-state index in [0.29, 0.717) is 29.7 Å². The Kier molecular flexibility index (Phi) is 7.25. The second-order valence-corrected chi connectivity index (χ2v) is 8.51. The summed E-state index contributed by atoms with van der Waals surface area (Å²) in [6.45, 7) is 0. The maximum absolute atomic E-state index is 15.0. The van der Waals surface area contributed by atoms with Crippen LogP contribution in [0.4, 0.5) is 17.6 Å². The molecule has 34 heavy (non-hydrogen) atoms. The monoisotopic (exact) mass is 470 g/mol. The van der Waals surface area contributed by atoms with Crippen LogP contribution in [0.5, 0.6) is 11.5 Å². The van der Waals surface area contributed by atoms with E-state index in [0.717, 1.165) is 12.8 Å². The van der Waals surface area contributed by atoms with Crippen LogP contribution in [0.15, 0.2) is 54.6 Å². The molecule has 2 nitrogen and oxygen atoms in total. The van der Waals surface area contributed by atoms with E-state index in [2.05, 4.69) is 0 Å². The van der Waals surface area contributed by atoms with Crippen molar-refractivity contribution in [2.24, 2.45) is 5.92 Å². The standard InChI is InChI=1S/C28H26F4O2/c1-33-21-12-9-19(10-13-21)23-15-14-22(26(30)27(23)31)18-6-3-17(4-7-18)5-8-20-11-16-24(34-2)28(32)25(20)29/h5,8-18H,3-4,6-7H2,1-2H3/b8-5+. The van der Waals surface area contributed by atoms with E-state index in [-0.39, 0.29) is 28.7 Å². The summed E-state index contributed by atoms with van der Waals surface area (Å²) in [6.07, 6.45) is 6.32. The zero-order chi connectivity index (χ0) is 24.2. The van der Waals surface area contributed by atoms with Crippen molar-refractivity contribution >= 4 is 6.08 Å². The van der Waals surface area contributed by atoms with Crippen LogP contribution in [0, 0.1) is 29.2 Å². The van der Waals surface area contributed by atoms with Crippen molar-refractivity contribution in [3.8, 4) is 22.6 Å². The normalized spacial score (nSPS) is 18.3. The predicted octanol–water partition coefficient (Wildman–Crippen LogP) is 7.91. The van der Waals surface area contributed by atoms with Gasteiger partial charge in [0.1, 0.15) is 5.75 Å². The maximum Gasteiger partial charge on any atom is 0.201 e. The molecule has 0 saturated heterocycles. The molecule has 4 rings (SSSR count). The molecular formula is C28H26F4O2. The van der Waals surface area contributed by atoms with Crippen LogP contribution in [0.2, 0.25) is 0 Å². The van der Waals surface area contributed by atoms with Crippen LogP contribution < -0.4 is 9.47 Å². The van der Waals surface area contributed by atoms with E-state index in [4.69, 9.17) is 9.47 Å². The molecule has 1 fully saturated rings. The van der Waals surface area contributed by atoms with Gasteiger partial charge in [0.25, 0.3) is 0 Å². The van der Waals surface area contributed by atoms with Crippen molar-refractivity contribution in [2.75, 3.05) is 14.2 Å². The Hall–Kier alpha value is -3.28. The van der Waals surface area contributed by atoms with E-state index in [1.807, 2.05) is 6.08 Å². The second kappa shape index (κ2) is 10.3. The average Bonchev–Trinajstić information content (AvgIpc) is 2.87. The number of methoxy groups -OCH3 is 2. The smallest absolute Gasteiger partial charge is 0.201 e. The molecule has 0 aromatic heterocycles. The van der Waals surface area contributed by atoms with E-state index in [9.17, 15) is 17.6 Å². The molecule has 3 aromatic carbocycles. The summed E-state index contributed by atoms with van der Waals surface area (Å²) >= 11 is 0. The number of rotatable bonds is 6. The molecule has 0 unspecified atom stereocenters. The molecule has 1 aliphatic carbocycles. The Balaban J connectivity index is 1.43. The van der Waals surface area contributed by atoms with Gasteiger partial charge in [0.05, 0.1) is 14.2 Å². The first kappa shape index (κ1) is 23.9. The molecule has 1 saturated carbocycles. The molecule has 6 heteroatoms. The first-order valence-electron chi connectivity index (χ1n) is 11.3. The van der Waals surface area contributed by atoms with Gasteiger partial charge in [-0.3, -0.25) is 0 Å². The highest BCUT2D eigenvalue weighted by molar-refractivity contribution is 5.65. The van der Waals surface area contributed by atoms with Crippen LogP contribution in [0.25, 0.3) is 17.2 Å². The van der Waals surface area contributed by atoms with Crippen molar-refractivity contribution in [1.29, 1.82) is 0 Å². The quantitative estimate of drug-likeness (QED) is 0.341. The van der Waals surface area contributed by atoms with Gasteiger partial charge < -0.3 is 9.47 Å². The fourth-order valence-corrected chi connectivity index (χ4v) is 4.57. The number of benzene rings is 3. The summed E-state index contributed by atoms with van der Waals surface area (Å²) in [6, 6.07) is 13.0. The molecule has 0 spiro atoms. The number of hydrogen-bond donors (Lipinski definition) is 0. The van der Waals surface area contributed by atoms with Crippen LogP contribution in [-0.4, -0.2) is 14.2 Å². The SMILES string of the molecule is COc1ccc(-c2ccc(C3CCC(/C=C/c4ccc(OC)c(F)c4F)CC3)c(F)c2F)cc1. The first-order chi connectivity index (χ1) is 16.4. The largest absolute Gasteiger partial charge is 0.497 e. The molecule has 0 heterocycles. The number of halogens is 4. The number of allylic oxidation sites excluding steroid dienone is 1. The van der Waals surface area contributed by atoms with Crippen LogP contribution in [0.1, 0.15) is 42.7 Å². The Morgan fingerprint density at radius 2 is 1.41 bits per heavy atom. The molecule has 0 bridgehead atoms. The van der Waals surface area contributed by atoms with Crippen LogP contribution in [0.3, 0.4) is 0 Å². The minimum Gasteiger partial charge on any atom is -0.497 e. The average molecular weight is 471 g/mol. The Morgan fingerprint density at radius 1 is 0.706 bits per heavy atom. The fraction of sp³-hybridized carbons (Fsp3) is 0.286. The van der Waals surface area contributed by atoms with Gasteiger partial charge in [-0.05, 0) is 72.9 Å². The molecule has 0 N–H and O–H groups in total. The van der Waals surface area contributed by atoms with Crippen molar-refractivity contribution in [3.05, 3.63) is 89.0 Å². The zero-order valence-corrected chi connectivity index (χ0v) is 19.1. The molecule has 0 amide bonds. The van der Waals surface area contributed by atoms with Gasteiger partial charge in [-0.1, -0.05) is 36.4 Å². The Bertz CT molecular complexity index is 1180. The molecule has 3 aromatic rings. The van der Waals surface area contributed by atoms with Crippen LogP contribution in [-0.2, 0) is 0 Å². The highest BCUT2D eigenvalue weighted by Gasteiger charge is 2.26. The van der Waals surface area contributed by atoms with Crippen molar-refractivity contribution < 1.29 is 27.0 Å². The molecule has 0 radical (unpaired) electrons. The third kappa shape index (κ3) is 4.81. The van der Waals surface area contributed by atoms with E-state index >= 15 is 0 Å². The molecule has 0 atom stereocenters. The van der Waals surface area contributed by atoms with E-state index < -0.39 is 23.3 Å². The third-order valence-corrected chi connectivity index (χ3v) is 6.57. The van der Waals surface area contributed by atoms with Gasteiger partial charge in [0, 0.05) is 11.1 Å². The topological polar surface area (TPSA) is 18.5 Å². The third-order valence-electron chi connectivity index (χ3n) is 6.57. The summed E-state index contributed by atoms with van der Waals surface area (Å²) in [5, 5.41) is 0. The van der Waals surface area contributed by atoms with Gasteiger partial charge >= 0.3 is 0 Å². The maximum atomic E-state index is 15.0. The van der Waals surface area contributed by atoms with Gasteiger partial charge in [0.2, 0.25) is 5.82 Å². The van der Waals surface area contributed by atoms with Crippen molar-refractivity contribution in [1.82, 2.24) is 0 Å². The van der Waals surface area contributed by atoms with Crippen molar-refractivity contribution in [3.63, 3.8) is 0 Å². The predicted molar refractivity (Wildman–Crippen MR) is 125 cm³/mol. The minimum atomic E-state index is -1.01. The van der Waals surface area contributed by atoms with Gasteiger partial charge in [-0.25, -0.2) is 13.2 Å². The summed E-state index contributed by atoms with van der Waals surface area (Å²) in [5.41, 5.74) is 1.34. The lowest BCUT2D eigenvalue weighted by atomic mass is 9.78.